The van der Waals surface area contributed by atoms with Crippen LogP contribution < -0.4 is 0 Å². The molecular formula is C43H27N3. The van der Waals surface area contributed by atoms with Crippen LogP contribution in [0.1, 0.15) is 11.1 Å². The van der Waals surface area contributed by atoms with Crippen LogP contribution >= 0.6 is 0 Å². The Morgan fingerprint density at radius 2 is 0.696 bits per heavy atom. The minimum Gasteiger partial charge on any atom is -0.256 e. The lowest BCUT2D eigenvalue weighted by atomic mass is 9.97. The summed E-state index contributed by atoms with van der Waals surface area (Å²) in [6.45, 7) is 0. The molecule has 0 spiro atoms. The van der Waals surface area contributed by atoms with Gasteiger partial charge in [-0.25, -0.2) is 4.98 Å². The van der Waals surface area contributed by atoms with Crippen molar-refractivity contribution < 1.29 is 0 Å². The predicted octanol–water partition coefficient (Wildman–Crippen LogP) is 11.5. The number of hydrogen-bond acceptors (Lipinski definition) is 3. The van der Waals surface area contributed by atoms with E-state index in [9.17, 15) is 0 Å². The second-order valence-electron chi connectivity index (χ2n) is 11.7. The summed E-state index contributed by atoms with van der Waals surface area (Å²) in [6.07, 6.45) is 3.99. The number of benzene rings is 8. The quantitative estimate of drug-likeness (QED) is 0.150. The van der Waals surface area contributed by atoms with Gasteiger partial charge in [0.05, 0.1) is 22.4 Å². The van der Waals surface area contributed by atoms with Crippen LogP contribution in [-0.4, -0.2) is 17.4 Å². The zero-order valence-electron chi connectivity index (χ0n) is 24.9. The Labute approximate surface area is 265 Å². The smallest absolute Gasteiger partial charge is 0.0731 e. The molecule has 0 aliphatic heterocycles. The van der Waals surface area contributed by atoms with Gasteiger partial charge in [-0.3, -0.25) is 9.98 Å². The van der Waals surface area contributed by atoms with Crippen molar-refractivity contribution in [3.63, 3.8) is 0 Å². The van der Waals surface area contributed by atoms with Crippen molar-refractivity contribution in [2.45, 2.75) is 0 Å². The fraction of sp³-hybridized carbons (Fsp3) is 0. The number of aromatic nitrogens is 1. The van der Waals surface area contributed by atoms with Crippen LogP contribution in [0.2, 0.25) is 0 Å². The Bertz CT molecular complexity index is 2410. The van der Waals surface area contributed by atoms with Crippen LogP contribution in [0.3, 0.4) is 0 Å². The van der Waals surface area contributed by atoms with Gasteiger partial charge in [0.15, 0.2) is 0 Å². The molecule has 0 saturated heterocycles. The van der Waals surface area contributed by atoms with Gasteiger partial charge in [0.2, 0.25) is 0 Å². The zero-order valence-corrected chi connectivity index (χ0v) is 24.9. The summed E-state index contributed by atoms with van der Waals surface area (Å²) in [6, 6.07) is 53.1. The number of nitrogens with zero attached hydrogens (tertiary/aromatic N) is 3. The highest BCUT2D eigenvalue weighted by atomic mass is 14.7. The van der Waals surface area contributed by atoms with Crippen molar-refractivity contribution in [2.75, 3.05) is 0 Å². The molecule has 0 amide bonds. The van der Waals surface area contributed by atoms with E-state index >= 15 is 0 Å². The van der Waals surface area contributed by atoms with E-state index in [0.29, 0.717) is 0 Å². The number of hydrogen-bond donors (Lipinski definition) is 0. The fourth-order valence-electron chi connectivity index (χ4n) is 6.61. The Kier molecular flexibility index (Phi) is 6.14. The highest BCUT2D eigenvalue weighted by Crippen LogP contribution is 2.31. The molecule has 214 valence electrons. The van der Waals surface area contributed by atoms with Crippen molar-refractivity contribution in [3.8, 4) is 0 Å². The van der Waals surface area contributed by atoms with Gasteiger partial charge in [-0.15, -0.1) is 0 Å². The van der Waals surface area contributed by atoms with E-state index in [4.69, 9.17) is 15.0 Å². The first-order chi connectivity index (χ1) is 22.8. The van der Waals surface area contributed by atoms with Crippen molar-refractivity contribution in [1.29, 1.82) is 0 Å². The maximum Gasteiger partial charge on any atom is 0.0731 e. The molecule has 46 heavy (non-hydrogen) atoms. The van der Waals surface area contributed by atoms with E-state index in [1.807, 2.05) is 12.4 Å². The van der Waals surface area contributed by atoms with Crippen molar-refractivity contribution in [1.82, 2.24) is 4.98 Å². The highest BCUT2D eigenvalue weighted by molar-refractivity contribution is 6.15. The number of fused-ring (bicyclic) bond motifs is 6. The molecule has 1 heterocycles. The lowest BCUT2D eigenvalue weighted by Crippen LogP contribution is -1.88. The van der Waals surface area contributed by atoms with Gasteiger partial charge in [-0.1, -0.05) is 109 Å². The number of pyridine rings is 1. The lowest BCUT2D eigenvalue weighted by molar-refractivity contribution is 1.46. The fourth-order valence-corrected chi connectivity index (χ4v) is 6.61. The van der Waals surface area contributed by atoms with Gasteiger partial charge in [0.1, 0.15) is 0 Å². The van der Waals surface area contributed by atoms with Crippen LogP contribution in [0.25, 0.3) is 64.9 Å². The molecule has 3 nitrogen and oxygen atoms in total. The maximum absolute atomic E-state index is 5.06. The molecule has 9 rings (SSSR count). The molecule has 8 aromatic carbocycles. The van der Waals surface area contributed by atoms with Gasteiger partial charge in [-0.2, -0.15) is 0 Å². The third-order valence-corrected chi connectivity index (χ3v) is 8.89. The molecule has 0 unspecified atom stereocenters. The molecule has 0 fully saturated rings. The third-order valence-electron chi connectivity index (χ3n) is 8.89. The van der Waals surface area contributed by atoms with E-state index in [-0.39, 0.29) is 0 Å². The molecular weight excluding hydrogens is 558 g/mol. The first-order valence-corrected chi connectivity index (χ1v) is 15.5. The summed E-state index contributed by atoms with van der Waals surface area (Å²) < 4.78 is 0. The molecule has 0 radical (unpaired) electrons. The summed E-state index contributed by atoms with van der Waals surface area (Å²) in [7, 11) is 0. The van der Waals surface area contributed by atoms with Crippen LogP contribution in [0.15, 0.2) is 162 Å². The van der Waals surface area contributed by atoms with Crippen molar-refractivity contribution in [3.05, 3.63) is 163 Å². The number of rotatable bonds is 4. The Morgan fingerprint density at radius 3 is 1.09 bits per heavy atom. The predicted molar refractivity (Wildman–Crippen MR) is 197 cm³/mol. The summed E-state index contributed by atoms with van der Waals surface area (Å²) in [5.41, 5.74) is 5.81. The second-order valence-corrected chi connectivity index (χ2v) is 11.7. The molecule has 0 aliphatic carbocycles. The highest BCUT2D eigenvalue weighted by Gasteiger charge is 2.08. The third kappa shape index (κ3) is 4.58. The molecule has 0 atom stereocenters. The standard InChI is InChI=1S/C43H27N3/c1-5-13-36-28(9-1)21-29-10-2-6-14-37(29)40(36)26-44-34-19-17-32-23-33-18-20-35(25-43(33)46-42(32)24-34)45-27-41-38-15-7-3-11-30(38)22-31-12-4-8-16-39(31)41/h1-27H. The monoisotopic (exact) mass is 585 g/mol. The van der Waals surface area contributed by atoms with E-state index in [1.54, 1.807) is 0 Å². The summed E-state index contributed by atoms with van der Waals surface area (Å²) in [5, 5.41) is 11.8. The molecule has 9 aromatic rings. The summed E-state index contributed by atoms with van der Waals surface area (Å²) in [5.74, 6) is 0. The van der Waals surface area contributed by atoms with Crippen LogP contribution in [0.4, 0.5) is 11.4 Å². The Hall–Kier alpha value is -6.19. The minimum atomic E-state index is 0.869. The Morgan fingerprint density at radius 1 is 0.348 bits per heavy atom. The van der Waals surface area contributed by atoms with Crippen LogP contribution in [0.5, 0.6) is 0 Å². The van der Waals surface area contributed by atoms with Crippen molar-refractivity contribution in [2.24, 2.45) is 9.98 Å². The zero-order chi connectivity index (χ0) is 30.5. The van der Waals surface area contributed by atoms with E-state index in [1.165, 1.54) is 43.1 Å². The lowest BCUT2D eigenvalue weighted by Gasteiger charge is -2.08. The summed E-state index contributed by atoms with van der Waals surface area (Å²) >= 11 is 0. The normalized spacial score (nSPS) is 12.2. The summed E-state index contributed by atoms with van der Waals surface area (Å²) in [4.78, 5) is 15.0. The second kappa shape index (κ2) is 10.8. The molecule has 0 saturated carbocycles. The molecule has 1 aromatic heterocycles. The molecule has 0 N–H and O–H groups in total. The number of aliphatic imine (C=N–C) groups is 2. The molecule has 0 bridgehead atoms. The minimum absolute atomic E-state index is 0.869. The van der Waals surface area contributed by atoms with Gasteiger partial charge >= 0.3 is 0 Å². The molecule has 0 aliphatic rings. The van der Waals surface area contributed by atoms with Gasteiger partial charge in [-0.05, 0) is 85.6 Å². The maximum atomic E-state index is 5.06. The largest absolute Gasteiger partial charge is 0.256 e. The average Bonchev–Trinajstić information content (AvgIpc) is 3.10. The Balaban J connectivity index is 1.10. The van der Waals surface area contributed by atoms with Crippen LogP contribution in [-0.2, 0) is 0 Å². The van der Waals surface area contributed by atoms with Gasteiger partial charge in [0, 0.05) is 34.3 Å². The van der Waals surface area contributed by atoms with E-state index in [2.05, 4.69) is 152 Å². The average molecular weight is 586 g/mol. The van der Waals surface area contributed by atoms with Gasteiger partial charge < -0.3 is 0 Å². The molecule has 3 heteroatoms. The first kappa shape index (κ1) is 26.2. The van der Waals surface area contributed by atoms with Crippen molar-refractivity contribution >= 4 is 88.7 Å². The van der Waals surface area contributed by atoms with Crippen LogP contribution in [0, 0.1) is 0 Å². The topological polar surface area (TPSA) is 37.6 Å². The first-order valence-electron chi connectivity index (χ1n) is 15.5. The SMILES string of the molecule is C(=Nc1ccc2cc3ccc(N=Cc4c5ccccc5cc5ccccc45)cc3nc2c1)c1c2ccccc2cc2ccccc12. The van der Waals surface area contributed by atoms with Gasteiger partial charge in [0.25, 0.3) is 0 Å². The van der Waals surface area contributed by atoms with E-state index in [0.717, 1.165) is 44.3 Å². The van der Waals surface area contributed by atoms with E-state index < -0.39 is 0 Å².